The number of aliphatic hydroxyl groups excluding tert-OH is 1. The van der Waals surface area contributed by atoms with E-state index in [0.29, 0.717) is 12.5 Å². The summed E-state index contributed by atoms with van der Waals surface area (Å²) in [5, 5.41) is 12.4. The van der Waals surface area contributed by atoms with Crippen molar-refractivity contribution in [1.29, 1.82) is 0 Å². The number of nitrogens with one attached hydrogen (secondary N) is 1. The van der Waals surface area contributed by atoms with Crippen molar-refractivity contribution in [2.45, 2.75) is 26.3 Å². The molecule has 0 saturated carbocycles. The molecule has 0 atom stereocenters. The Labute approximate surface area is 109 Å². The zero-order valence-corrected chi connectivity index (χ0v) is 11.1. The number of aromatic nitrogens is 1. The van der Waals surface area contributed by atoms with Crippen LogP contribution in [0, 0.1) is 5.92 Å². The SMILES string of the molecule is CCNc1cc(CN2CCC(CO)CC2)ccn1. The Kier molecular flexibility index (Phi) is 4.96. The average Bonchev–Trinajstić information content (AvgIpc) is 2.40. The molecular weight excluding hydrogens is 226 g/mol. The van der Waals surface area contributed by atoms with E-state index in [2.05, 4.69) is 34.3 Å². The highest BCUT2D eigenvalue weighted by molar-refractivity contribution is 5.37. The Balaban J connectivity index is 1.87. The lowest BCUT2D eigenvalue weighted by Gasteiger charge is -2.31. The quantitative estimate of drug-likeness (QED) is 0.834. The van der Waals surface area contributed by atoms with Gasteiger partial charge in [-0.2, -0.15) is 0 Å². The summed E-state index contributed by atoms with van der Waals surface area (Å²) in [6.07, 6.45) is 4.09. The number of pyridine rings is 1. The second-order valence-electron chi connectivity index (χ2n) is 4.98. The van der Waals surface area contributed by atoms with Gasteiger partial charge in [-0.15, -0.1) is 0 Å². The van der Waals surface area contributed by atoms with Gasteiger partial charge < -0.3 is 10.4 Å². The van der Waals surface area contributed by atoms with E-state index in [-0.39, 0.29) is 0 Å². The zero-order valence-electron chi connectivity index (χ0n) is 11.1. The molecule has 0 bridgehead atoms. The fourth-order valence-electron chi connectivity index (χ4n) is 2.44. The average molecular weight is 249 g/mol. The molecule has 2 N–H and O–H groups in total. The van der Waals surface area contributed by atoms with E-state index in [1.165, 1.54) is 5.56 Å². The Morgan fingerprint density at radius 1 is 1.44 bits per heavy atom. The largest absolute Gasteiger partial charge is 0.396 e. The molecule has 1 fully saturated rings. The molecule has 4 heteroatoms. The highest BCUT2D eigenvalue weighted by Gasteiger charge is 2.18. The van der Waals surface area contributed by atoms with Gasteiger partial charge in [0.2, 0.25) is 0 Å². The molecule has 2 heterocycles. The minimum absolute atomic E-state index is 0.341. The molecule has 0 unspecified atom stereocenters. The standard InChI is InChI=1S/C14H23N3O/c1-2-15-14-9-13(3-6-16-14)10-17-7-4-12(11-18)5-8-17/h3,6,9,12,18H,2,4-5,7-8,10-11H2,1H3,(H,15,16). The van der Waals surface area contributed by atoms with Crippen molar-refractivity contribution < 1.29 is 5.11 Å². The maximum Gasteiger partial charge on any atom is 0.126 e. The van der Waals surface area contributed by atoms with Gasteiger partial charge in [0.1, 0.15) is 5.82 Å². The molecule has 0 amide bonds. The first-order chi connectivity index (χ1) is 8.81. The maximum atomic E-state index is 9.13. The van der Waals surface area contributed by atoms with Crippen molar-refractivity contribution >= 4 is 5.82 Å². The van der Waals surface area contributed by atoms with E-state index in [9.17, 15) is 0 Å². The molecular formula is C14H23N3O. The smallest absolute Gasteiger partial charge is 0.126 e. The number of rotatable bonds is 5. The predicted octanol–water partition coefficient (Wildman–Crippen LogP) is 1.72. The first-order valence-electron chi connectivity index (χ1n) is 6.84. The van der Waals surface area contributed by atoms with Crippen molar-refractivity contribution in [3.8, 4) is 0 Å². The lowest BCUT2D eigenvalue weighted by Crippen LogP contribution is -2.34. The fourth-order valence-corrected chi connectivity index (χ4v) is 2.44. The first-order valence-corrected chi connectivity index (χ1v) is 6.84. The Morgan fingerprint density at radius 3 is 2.89 bits per heavy atom. The molecule has 4 nitrogen and oxygen atoms in total. The van der Waals surface area contributed by atoms with Crippen molar-refractivity contribution in [3.05, 3.63) is 23.9 Å². The molecule has 1 aliphatic rings. The lowest BCUT2D eigenvalue weighted by molar-refractivity contribution is 0.127. The van der Waals surface area contributed by atoms with E-state index in [1.807, 2.05) is 6.20 Å². The number of anilines is 1. The minimum Gasteiger partial charge on any atom is -0.396 e. The van der Waals surface area contributed by atoms with Crippen LogP contribution in [-0.2, 0) is 6.54 Å². The summed E-state index contributed by atoms with van der Waals surface area (Å²) >= 11 is 0. The van der Waals surface area contributed by atoms with Crippen molar-refractivity contribution in [2.75, 3.05) is 31.6 Å². The number of nitrogens with zero attached hydrogens (tertiary/aromatic N) is 2. The van der Waals surface area contributed by atoms with Crippen LogP contribution in [0.5, 0.6) is 0 Å². The van der Waals surface area contributed by atoms with E-state index >= 15 is 0 Å². The number of likely N-dealkylation sites (tertiary alicyclic amines) is 1. The lowest BCUT2D eigenvalue weighted by atomic mass is 9.97. The van der Waals surface area contributed by atoms with Crippen LogP contribution in [0.25, 0.3) is 0 Å². The normalized spacial score (nSPS) is 17.9. The molecule has 100 valence electrons. The molecule has 0 spiro atoms. The van der Waals surface area contributed by atoms with Gasteiger partial charge in [-0.3, -0.25) is 4.90 Å². The van der Waals surface area contributed by atoms with Gasteiger partial charge in [0.25, 0.3) is 0 Å². The van der Waals surface area contributed by atoms with Gasteiger partial charge in [0.05, 0.1) is 0 Å². The van der Waals surface area contributed by atoms with Crippen LogP contribution < -0.4 is 5.32 Å². The summed E-state index contributed by atoms with van der Waals surface area (Å²) in [6, 6.07) is 4.21. The van der Waals surface area contributed by atoms with Crippen LogP contribution in [0.1, 0.15) is 25.3 Å². The Hall–Kier alpha value is -1.13. The van der Waals surface area contributed by atoms with Crippen molar-refractivity contribution in [3.63, 3.8) is 0 Å². The van der Waals surface area contributed by atoms with Gasteiger partial charge in [-0.1, -0.05) is 0 Å². The maximum absolute atomic E-state index is 9.13. The fraction of sp³-hybridized carbons (Fsp3) is 0.643. The third-order valence-electron chi connectivity index (χ3n) is 3.55. The topological polar surface area (TPSA) is 48.4 Å². The highest BCUT2D eigenvalue weighted by Crippen LogP contribution is 2.18. The summed E-state index contributed by atoms with van der Waals surface area (Å²) in [6.45, 7) is 6.48. The van der Waals surface area contributed by atoms with Crippen LogP contribution in [0.3, 0.4) is 0 Å². The number of aliphatic hydroxyl groups is 1. The van der Waals surface area contributed by atoms with E-state index in [4.69, 9.17) is 5.11 Å². The first kappa shape index (κ1) is 13.3. The number of piperidine rings is 1. The van der Waals surface area contributed by atoms with Gasteiger partial charge in [0.15, 0.2) is 0 Å². The van der Waals surface area contributed by atoms with E-state index in [0.717, 1.165) is 44.8 Å². The Morgan fingerprint density at radius 2 is 2.22 bits per heavy atom. The molecule has 18 heavy (non-hydrogen) atoms. The summed E-state index contributed by atoms with van der Waals surface area (Å²) in [5.41, 5.74) is 1.31. The van der Waals surface area contributed by atoms with Gasteiger partial charge in [-0.25, -0.2) is 4.98 Å². The molecule has 0 aromatic carbocycles. The predicted molar refractivity (Wildman–Crippen MR) is 73.5 cm³/mol. The van der Waals surface area contributed by atoms with Crippen LogP contribution >= 0.6 is 0 Å². The highest BCUT2D eigenvalue weighted by atomic mass is 16.3. The molecule has 1 aromatic rings. The molecule has 0 radical (unpaired) electrons. The monoisotopic (exact) mass is 249 g/mol. The second-order valence-corrected chi connectivity index (χ2v) is 4.98. The molecule has 0 aliphatic carbocycles. The van der Waals surface area contributed by atoms with Crippen LogP contribution in [-0.4, -0.2) is 41.2 Å². The summed E-state index contributed by atoms with van der Waals surface area (Å²) in [7, 11) is 0. The molecule has 1 aromatic heterocycles. The summed E-state index contributed by atoms with van der Waals surface area (Å²) in [4.78, 5) is 6.74. The van der Waals surface area contributed by atoms with Gasteiger partial charge in [0, 0.05) is 25.9 Å². The number of hydrogen-bond acceptors (Lipinski definition) is 4. The van der Waals surface area contributed by atoms with E-state index < -0.39 is 0 Å². The van der Waals surface area contributed by atoms with Crippen molar-refractivity contribution in [2.24, 2.45) is 5.92 Å². The van der Waals surface area contributed by atoms with Crippen LogP contribution in [0.2, 0.25) is 0 Å². The van der Waals surface area contributed by atoms with Gasteiger partial charge in [-0.05, 0) is 56.5 Å². The third-order valence-corrected chi connectivity index (χ3v) is 3.55. The molecule has 1 aliphatic heterocycles. The zero-order chi connectivity index (χ0) is 12.8. The van der Waals surface area contributed by atoms with E-state index in [1.54, 1.807) is 0 Å². The molecule has 2 rings (SSSR count). The van der Waals surface area contributed by atoms with Crippen molar-refractivity contribution in [1.82, 2.24) is 9.88 Å². The third kappa shape index (κ3) is 3.68. The molecule has 1 saturated heterocycles. The summed E-state index contributed by atoms with van der Waals surface area (Å²) < 4.78 is 0. The Bertz CT molecular complexity index is 362. The summed E-state index contributed by atoms with van der Waals surface area (Å²) in [5.74, 6) is 1.47. The number of hydrogen-bond donors (Lipinski definition) is 2. The van der Waals surface area contributed by atoms with Crippen LogP contribution in [0.4, 0.5) is 5.82 Å². The second kappa shape index (κ2) is 6.71. The van der Waals surface area contributed by atoms with Gasteiger partial charge >= 0.3 is 0 Å². The minimum atomic E-state index is 0.341. The van der Waals surface area contributed by atoms with Crippen LogP contribution in [0.15, 0.2) is 18.3 Å².